The molecule has 8 nitrogen and oxygen atoms in total. The molecule has 0 unspecified atom stereocenters. The summed E-state index contributed by atoms with van der Waals surface area (Å²) in [5.41, 5.74) is 0.336. The zero-order valence-electron chi connectivity index (χ0n) is 17.5. The van der Waals surface area contributed by atoms with Crippen LogP contribution in [0.3, 0.4) is 0 Å². The highest BCUT2D eigenvalue weighted by atomic mass is 16.5. The van der Waals surface area contributed by atoms with Crippen LogP contribution >= 0.6 is 0 Å². The summed E-state index contributed by atoms with van der Waals surface area (Å²) < 4.78 is 15.9. The third-order valence-corrected chi connectivity index (χ3v) is 4.96. The molecule has 158 valence electrons. The van der Waals surface area contributed by atoms with Crippen molar-refractivity contribution in [3.05, 3.63) is 48.0 Å². The molecule has 0 fully saturated rings. The van der Waals surface area contributed by atoms with Gasteiger partial charge in [0.25, 0.3) is 5.91 Å². The van der Waals surface area contributed by atoms with E-state index in [2.05, 4.69) is 5.32 Å². The van der Waals surface area contributed by atoms with E-state index in [1.165, 1.54) is 37.3 Å². The predicted octanol–water partition coefficient (Wildman–Crippen LogP) is 3.01. The molecule has 1 heterocycles. The third-order valence-electron chi connectivity index (χ3n) is 4.96. The minimum absolute atomic E-state index is 0.286. The lowest BCUT2D eigenvalue weighted by molar-refractivity contribution is -0.130. The van der Waals surface area contributed by atoms with Crippen molar-refractivity contribution < 1.29 is 28.6 Å². The lowest BCUT2D eigenvalue weighted by Gasteiger charge is -2.42. The summed E-state index contributed by atoms with van der Waals surface area (Å²) in [6, 6.07) is 11.6. The van der Waals surface area contributed by atoms with Gasteiger partial charge in [0, 0.05) is 0 Å². The first-order valence-electron chi connectivity index (χ1n) is 9.38. The number of carbonyl (C=O) groups excluding carboxylic acids is 3. The summed E-state index contributed by atoms with van der Waals surface area (Å²) >= 11 is 0. The van der Waals surface area contributed by atoms with Gasteiger partial charge in [-0.1, -0.05) is 12.1 Å². The van der Waals surface area contributed by atoms with Crippen molar-refractivity contribution in [2.24, 2.45) is 0 Å². The molecule has 3 rings (SSSR count). The standard InChI is InChI=1S/C22H24N2O6/c1-13(30-17-11-10-14(20(26)29-5)12-18(17)28-4)19(25)24-16-9-7-6-8-15(16)23-21(27)22(24,2)3/h6-13H,1-5H3,(H,23,27)/t13-/m0/s1. The molecule has 0 bridgehead atoms. The van der Waals surface area contributed by atoms with Crippen LogP contribution in [0.4, 0.5) is 11.4 Å². The summed E-state index contributed by atoms with van der Waals surface area (Å²) in [6.45, 7) is 4.95. The van der Waals surface area contributed by atoms with Crippen molar-refractivity contribution in [2.45, 2.75) is 32.4 Å². The highest BCUT2D eigenvalue weighted by molar-refractivity contribution is 6.15. The molecule has 8 heteroatoms. The average Bonchev–Trinajstić information content (AvgIpc) is 2.73. The van der Waals surface area contributed by atoms with Crippen LogP contribution in [0.5, 0.6) is 11.5 Å². The number of carbonyl (C=O) groups is 3. The van der Waals surface area contributed by atoms with E-state index in [1.807, 2.05) is 0 Å². The third kappa shape index (κ3) is 3.68. The van der Waals surface area contributed by atoms with Gasteiger partial charge in [0.05, 0.1) is 31.2 Å². The molecule has 0 aliphatic carbocycles. The maximum Gasteiger partial charge on any atom is 0.337 e. The van der Waals surface area contributed by atoms with Crippen LogP contribution in [-0.2, 0) is 14.3 Å². The topological polar surface area (TPSA) is 94.2 Å². The van der Waals surface area contributed by atoms with Gasteiger partial charge >= 0.3 is 5.97 Å². The number of anilines is 2. The van der Waals surface area contributed by atoms with Gasteiger partial charge in [0.1, 0.15) is 5.54 Å². The number of methoxy groups -OCH3 is 2. The molecule has 30 heavy (non-hydrogen) atoms. The zero-order chi connectivity index (χ0) is 22.1. The number of amides is 2. The van der Waals surface area contributed by atoms with Crippen LogP contribution < -0.4 is 19.7 Å². The molecule has 2 aromatic rings. The lowest BCUT2D eigenvalue weighted by Crippen LogP contribution is -2.60. The number of hydrogen-bond acceptors (Lipinski definition) is 6. The minimum atomic E-state index is -1.11. The molecule has 1 aliphatic rings. The molecular weight excluding hydrogens is 388 g/mol. The van der Waals surface area contributed by atoms with E-state index in [0.717, 1.165) is 0 Å². The summed E-state index contributed by atoms with van der Waals surface area (Å²) in [5.74, 6) is -0.614. The Balaban J connectivity index is 1.91. The SMILES string of the molecule is COC(=O)c1ccc(O[C@@H](C)C(=O)N2c3ccccc3NC(=O)C2(C)C)c(OC)c1. The van der Waals surface area contributed by atoms with Crippen molar-refractivity contribution >= 4 is 29.2 Å². The van der Waals surface area contributed by atoms with Crippen LogP contribution in [0, 0.1) is 0 Å². The molecule has 2 amide bonds. The second-order valence-electron chi connectivity index (χ2n) is 7.32. The lowest BCUT2D eigenvalue weighted by atomic mass is 9.95. The number of para-hydroxylation sites is 2. The predicted molar refractivity (Wildman–Crippen MR) is 111 cm³/mol. The van der Waals surface area contributed by atoms with Gasteiger partial charge < -0.3 is 19.5 Å². The molecule has 0 aromatic heterocycles. The fourth-order valence-electron chi connectivity index (χ4n) is 3.28. The van der Waals surface area contributed by atoms with E-state index >= 15 is 0 Å². The Morgan fingerprint density at radius 3 is 2.43 bits per heavy atom. The first-order chi connectivity index (χ1) is 14.2. The van der Waals surface area contributed by atoms with E-state index in [0.29, 0.717) is 22.7 Å². The molecule has 0 spiro atoms. The number of hydrogen-bond donors (Lipinski definition) is 1. The second-order valence-corrected chi connectivity index (χ2v) is 7.32. The maximum absolute atomic E-state index is 13.4. The van der Waals surface area contributed by atoms with Crippen molar-refractivity contribution in [3.8, 4) is 11.5 Å². The highest BCUT2D eigenvalue weighted by Crippen LogP contribution is 2.38. The Morgan fingerprint density at radius 2 is 1.77 bits per heavy atom. The molecule has 2 aromatic carbocycles. The Bertz CT molecular complexity index is 1000. The maximum atomic E-state index is 13.4. The van der Waals surface area contributed by atoms with Crippen LogP contribution in [0.15, 0.2) is 42.5 Å². The fraction of sp³-hybridized carbons (Fsp3) is 0.318. The van der Waals surface area contributed by atoms with Gasteiger partial charge in [-0.2, -0.15) is 0 Å². The molecule has 0 radical (unpaired) electrons. The smallest absolute Gasteiger partial charge is 0.337 e. The van der Waals surface area contributed by atoms with Gasteiger partial charge in [-0.3, -0.25) is 14.5 Å². The van der Waals surface area contributed by atoms with Gasteiger partial charge in [0.2, 0.25) is 5.91 Å². The summed E-state index contributed by atoms with van der Waals surface area (Å²) in [5, 5.41) is 2.83. The van der Waals surface area contributed by atoms with Crippen LogP contribution in [0.1, 0.15) is 31.1 Å². The molecule has 1 N–H and O–H groups in total. The Labute approximate surface area is 174 Å². The summed E-state index contributed by atoms with van der Waals surface area (Å²) in [6.07, 6.45) is -0.930. The number of fused-ring (bicyclic) bond motifs is 1. The largest absolute Gasteiger partial charge is 0.493 e. The number of nitrogens with one attached hydrogen (secondary N) is 1. The van der Waals surface area contributed by atoms with Gasteiger partial charge in [-0.05, 0) is 51.1 Å². The van der Waals surface area contributed by atoms with Gasteiger partial charge in [-0.15, -0.1) is 0 Å². The van der Waals surface area contributed by atoms with Crippen LogP contribution in [0.2, 0.25) is 0 Å². The molecule has 0 saturated carbocycles. The Hall–Kier alpha value is -3.55. The number of ether oxygens (including phenoxy) is 3. The van der Waals surface area contributed by atoms with E-state index < -0.39 is 17.6 Å². The Morgan fingerprint density at radius 1 is 1.07 bits per heavy atom. The highest BCUT2D eigenvalue weighted by Gasteiger charge is 2.45. The van der Waals surface area contributed by atoms with E-state index in [9.17, 15) is 14.4 Å². The Kier molecular flexibility index (Phi) is 5.69. The van der Waals surface area contributed by atoms with Crippen molar-refractivity contribution in [3.63, 3.8) is 0 Å². The van der Waals surface area contributed by atoms with E-state index in [4.69, 9.17) is 14.2 Å². The van der Waals surface area contributed by atoms with Gasteiger partial charge in [0.15, 0.2) is 17.6 Å². The quantitative estimate of drug-likeness (QED) is 0.759. The minimum Gasteiger partial charge on any atom is -0.493 e. The van der Waals surface area contributed by atoms with Gasteiger partial charge in [-0.25, -0.2) is 4.79 Å². The summed E-state index contributed by atoms with van der Waals surface area (Å²) in [4.78, 5) is 39.1. The molecule has 1 aliphatic heterocycles. The molecule has 1 atom stereocenters. The first-order valence-corrected chi connectivity index (χ1v) is 9.38. The number of benzene rings is 2. The summed E-state index contributed by atoms with van der Waals surface area (Å²) in [7, 11) is 2.72. The number of esters is 1. The van der Waals surface area contributed by atoms with Crippen LogP contribution in [-0.4, -0.2) is 43.6 Å². The van der Waals surface area contributed by atoms with Crippen LogP contribution in [0.25, 0.3) is 0 Å². The van der Waals surface area contributed by atoms with E-state index in [1.54, 1.807) is 45.0 Å². The fourth-order valence-corrected chi connectivity index (χ4v) is 3.28. The number of rotatable bonds is 5. The average molecular weight is 412 g/mol. The normalized spacial score (nSPS) is 15.5. The second kappa shape index (κ2) is 8.06. The first kappa shape index (κ1) is 21.2. The van der Waals surface area contributed by atoms with Crippen molar-refractivity contribution in [2.75, 3.05) is 24.4 Å². The van der Waals surface area contributed by atoms with E-state index in [-0.39, 0.29) is 17.6 Å². The van der Waals surface area contributed by atoms with Crippen molar-refractivity contribution in [1.82, 2.24) is 0 Å². The number of nitrogens with zero attached hydrogens (tertiary/aromatic N) is 1. The molecule has 0 saturated heterocycles. The zero-order valence-corrected chi connectivity index (χ0v) is 17.5. The van der Waals surface area contributed by atoms with Crippen molar-refractivity contribution in [1.29, 1.82) is 0 Å². The molecular formula is C22H24N2O6. The monoisotopic (exact) mass is 412 g/mol.